The highest BCUT2D eigenvalue weighted by Crippen LogP contribution is 2.29. The lowest BCUT2D eigenvalue weighted by Gasteiger charge is -2.08. The second kappa shape index (κ2) is 6.20. The molecule has 2 aromatic heterocycles. The molecule has 0 unspecified atom stereocenters. The Morgan fingerprint density at radius 1 is 1.32 bits per heavy atom. The first-order chi connectivity index (χ1) is 12.2. The van der Waals surface area contributed by atoms with Gasteiger partial charge in [-0.25, -0.2) is 14.3 Å². The Labute approximate surface area is 145 Å². The summed E-state index contributed by atoms with van der Waals surface area (Å²) in [6, 6.07) is 9.56. The SMILES string of the molecule is COC(=O)c1ccc(-c2cnc3ccc(NCC4CC4)nn23)cc1C. The van der Waals surface area contributed by atoms with E-state index in [9.17, 15) is 4.79 Å². The number of carbonyl (C=O) groups excluding carboxylic acids is 1. The monoisotopic (exact) mass is 336 g/mol. The smallest absolute Gasteiger partial charge is 0.338 e. The minimum absolute atomic E-state index is 0.327. The zero-order chi connectivity index (χ0) is 17.4. The van der Waals surface area contributed by atoms with Crippen LogP contribution >= 0.6 is 0 Å². The van der Waals surface area contributed by atoms with Gasteiger partial charge in [-0.3, -0.25) is 0 Å². The Morgan fingerprint density at radius 2 is 2.16 bits per heavy atom. The van der Waals surface area contributed by atoms with Crippen LogP contribution in [0.5, 0.6) is 0 Å². The van der Waals surface area contributed by atoms with Crippen molar-refractivity contribution in [2.24, 2.45) is 5.92 Å². The molecule has 2 heterocycles. The van der Waals surface area contributed by atoms with Gasteiger partial charge in [-0.2, -0.15) is 0 Å². The summed E-state index contributed by atoms with van der Waals surface area (Å²) in [5.41, 5.74) is 4.08. The number of fused-ring (bicyclic) bond motifs is 1. The van der Waals surface area contributed by atoms with Crippen LogP contribution in [0.4, 0.5) is 5.82 Å². The third-order valence-electron chi connectivity index (χ3n) is 4.56. The molecule has 0 atom stereocenters. The highest BCUT2D eigenvalue weighted by molar-refractivity contribution is 5.91. The largest absolute Gasteiger partial charge is 0.465 e. The molecule has 0 radical (unpaired) electrons. The summed E-state index contributed by atoms with van der Waals surface area (Å²) >= 11 is 0. The van der Waals surface area contributed by atoms with E-state index in [0.717, 1.165) is 40.7 Å². The number of esters is 1. The molecule has 0 spiro atoms. The van der Waals surface area contributed by atoms with Crippen LogP contribution in [0.2, 0.25) is 0 Å². The number of hydrogen-bond donors (Lipinski definition) is 1. The standard InChI is InChI=1S/C19H20N4O2/c1-12-9-14(5-6-15(12)19(24)25-2)16-11-21-18-8-7-17(22-23(16)18)20-10-13-3-4-13/h5-9,11,13H,3-4,10H2,1-2H3,(H,20,22). The average Bonchev–Trinajstić information content (AvgIpc) is 3.37. The summed E-state index contributed by atoms with van der Waals surface area (Å²) in [5.74, 6) is 1.31. The molecule has 0 bridgehead atoms. The number of nitrogens with one attached hydrogen (secondary N) is 1. The first-order valence-corrected chi connectivity index (χ1v) is 8.43. The van der Waals surface area contributed by atoms with Crippen molar-refractivity contribution in [3.05, 3.63) is 47.7 Å². The number of rotatable bonds is 5. The van der Waals surface area contributed by atoms with Gasteiger partial charge in [0, 0.05) is 12.1 Å². The van der Waals surface area contributed by atoms with Crippen molar-refractivity contribution in [2.75, 3.05) is 19.0 Å². The van der Waals surface area contributed by atoms with Gasteiger partial charge in [0.15, 0.2) is 5.65 Å². The molecule has 0 saturated heterocycles. The van der Waals surface area contributed by atoms with Crippen LogP contribution in [0.3, 0.4) is 0 Å². The van der Waals surface area contributed by atoms with Gasteiger partial charge in [-0.1, -0.05) is 6.07 Å². The predicted molar refractivity (Wildman–Crippen MR) is 95.7 cm³/mol. The van der Waals surface area contributed by atoms with Crippen molar-refractivity contribution in [2.45, 2.75) is 19.8 Å². The summed E-state index contributed by atoms with van der Waals surface area (Å²) < 4.78 is 6.64. The first kappa shape index (κ1) is 15.6. The van der Waals surface area contributed by atoms with E-state index in [1.807, 2.05) is 35.7 Å². The molecule has 4 rings (SSSR count). The van der Waals surface area contributed by atoms with Crippen LogP contribution in [0.1, 0.15) is 28.8 Å². The molecule has 1 saturated carbocycles. The molecule has 1 aliphatic carbocycles. The maximum atomic E-state index is 11.8. The Bertz CT molecular complexity index is 944. The summed E-state index contributed by atoms with van der Waals surface area (Å²) in [4.78, 5) is 16.2. The van der Waals surface area contributed by atoms with E-state index >= 15 is 0 Å². The summed E-state index contributed by atoms with van der Waals surface area (Å²) in [7, 11) is 1.39. The van der Waals surface area contributed by atoms with Crippen LogP contribution < -0.4 is 5.32 Å². The van der Waals surface area contributed by atoms with Gasteiger partial charge in [0.2, 0.25) is 0 Å². The quantitative estimate of drug-likeness (QED) is 0.724. The molecule has 1 aromatic carbocycles. The zero-order valence-corrected chi connectivity index (χ0v) is 14.3. The number of aromatic nitrogens is 3. The molecule has 0 aliphatic heterocycles. The van der Waals surface area contributed by atoms with E-state index in [2.05, 4.69) is 15.4 Å². The van der Waals surface area contributed by atoms with Gasteiger partial charge in [0.05, 0.1) is 24.6 Å². The number of nitrogens with zero attached hydrogens (tertiary/aromatic N) is 3. The molecule has 3 aromatic rings. The van der Waals surface area contributed by atoms with Crippen molar-refractivity contribution in [1.82, 2.24) is 14.6 Å². The molecular weight excluding hydrogens is 316 g/mol. The molecule has 128 valence electrons. The van der Waals surface area contributed by atoms with Gasteiger partial charge in [-0.05, 0) is 55.5 Å². The molecular formula is C19H20N4O2. The lowest BCUT2D eigenvalue weighted by Crippen LogP contribution is -2.07. The number of imidazole rings is 1. The molecule has 25 heavy (non-hydrogen) atoms. The van der Waals surface area contributed by atoms with Crippen LogP contribution in [-0.4, -0.2) is 34.2 Å². The highest BCUT2D eigenvalue weighted by atomic mass is 16.5. The maximum absolute atomic E-state index is 11.8. The topological polar surface area (TPSA) is 68.5 Å². The van der Waals surface area contributed by atoms with Gasteiger partial charge in [0.25, 0.3) is 0 Å². The molecule has 6 heteroatoms. The second-order valence-corrected chi connectivity index (χ2v) is 6.48. The first-order valence-electron chi connectivity index (χ1n) is 8.43. The number of aryl methyl sites for hydroxylation is 1. The number of ether oxygens (including phenoxy) is 1. The van der Waals surface area contributed by atoms with E-state index < -0.39 is 0 Å². The number of anilines is 1. The third-order valence-corrected chi connectivity index (χ3v) is 4.56. The third kappa shape index (κ3) is 3.07. The van der Waals surface area contributed by atoms with Crippen LogP contribution in [-0.2, 0) is 4.74 Å². The Morgan fingerprint density at radius 3 is 2.88 bits per heavy atom. The van der Waals surface area contributed by atoms with E-state index in [4.69, 9.17) is 4.74 Å². The Hall–Kier alpha value is -2.89. The molecule has 0 amide bonds. The lowest BCUT2D eigenvalue weighted by molar-refractivity contribution is 0.0600. The van der Waals surface area contributed by atoms with Crippen molar-refractivity contribution < 1.29 is 9.53 Å². The molecule has 6 nitrogen and oxygen atoms in total. The van der Waals surface area contributed by atoms with Crippen LogP contribution in [0.25, 0.3) is 16.9 Å². The number of methoxy groups -OCH3 is 1. The second-order valence-electron chi connectivity index (χ2n) is 6.48. The lowest BCUT2D eigenvalue weighted by atomic mass is 10.0. The van der Waals surface area contributed by atoms with E-state index in [-0.39, 0.29) is 5.97 Å². The minimum Gasteiger partial charge on any atom is -0.465 e. The van der Waals surface area contributed by atoms with Crippen molar-refractivity contribution in [3.63, 3.8) is 0 Å². The molecule has 1 fully saturated rings. The number of benzene rings is 1. The fourth-order valence-electron chi connectivity index (χ4n) is 2.90. The molecule has 1 N–H and O–H groups in total. The van der Waals surface area contributed by atoms with E-state index in [1.54, 1.807) is 12.3 Å². The van der Waals surface area contributed by atoms with Crippen LogP contribution in [0.15, 0.2) is 36.5 Å². The van der Waals surface area contributed by atoms with Crippen molar-refractivity contribution in [1.29, 1.82) is 0 Å². The van der Waals surface area contributed by atoms with Crippen molar-refractivity contribution >= 4 is 17.4 Å². The minimum atomic E-state index is -0.327. The number of hydrogen-bond acceptors (Lipinski definition) is 5. The maximum Gasteiger partial charge on any atom is 0.338 e. The Kier molecular flexibility index (Phi) is 3.87. The van der Waals surface area contributed by atoms with Gasteiger partial charge in [-0.15, -0.1) is 5.10 Å². The average molecular weight is 336 g/mol. The van der Waals surface area contributed by atoms with Crippen molar-refractivity contribution in [3.8, 4) is 11.3 Å². The summed E-state index contributed by atoms with van der Waals surface area (Å²) in [5, 5.41) is 8.06. The normalized spacial score (nSPS) is 13.8. The summed E-state index contributed by atoms with van der Waals surface area (Å²) in [6.45, 7) is 2.87. The van der Waals surface area contributed by atoms with Crippen LogP contribution in [0, 0.1) is 12.8 Å². The van der Waals surface area contributed by atoms with Gasteiger partial charge >= 0.3 is 5.97 Å². The van der Waals surface area contributed by atoms with E-state index in [1.165, 1.54) is 20.0 Å². The van der Waals surface area contributed by atoms with E-state index in [0.29, 0.717) is 5.56 Å². The van der Waals surface area contributed by atoms with Gasteiger partial charge < -0.3 is 10.1 Å². The molecule has 1 aliphatic rings. The highest BCUT2D eigenvalue weighted by Gasteiger charge is 2.21. The zero-order valence-electron chi connectivity index (χ0n) is 14.3. The summed E-state index contributed by atoms with van der Waals surface area (Å²) in [6.07, 6.45) is 4.41. The van der Waals surface area contributed by atoms with Gasteiger partial charge in [0.1, 0.15) is 5.82 Å². The fraction of sp³-hybridized carbons (Fsp3) is 0.316. The number of carbonyl (C=O) groups is 1. The predicted octanol–water partition coefficient (Wildman–Crippen LogP) is 3.31. The Balaban J connectivity index is 1.69. The fourth-order valence-corrected chi connectivity index (χ4v) is 2.90.